The lowest BCUT2D eigenvalue weighted by Crippen LogP contribution is -2.13. The summed E-state index contributed by atoms with van der Waals surface area (Å²) in [5, 5.41) is 1.95. The number of rotatable bonds is 4. The maximum atomic E-state index is 12.0. The molecular weight excluding hydrogens is 288 g/mol. The predicted octanol–water partition coefficient (Wildman–Crippen LogP) is 1.73. The van der Waals surface area contributed by atoms with Gasteiger partial charge >= 0.3 is 5.97 Å². The molecule has 0 aliphatic rings. The summed E-state index contributed by atoms with van der Waals surface area (Å²) in [7, 11) is -2.43. The quantitative estimate of drug-likeness (QED) is 0.869. The number of nitrogens with zero attached hydrogens (tertiary/aromatic N) is 1. The van der Waals surface area contributed by atoms with E-state index in [0.717, 1.165) is 0 Å². The first-order chi connectivity index (χ1) is 9.03. The second-order valence-electron chi connectivity index (χ2n) is 3.46. The van der Waals surface area contributed by atoms with Crippen LogP contribution in [0.5, 0.6) is 0 Å². The molecule has 2 rings (SSSR count). The molecule has 8 heteroatoms. The summed E-state index contributed by atoms with van der Waals surface area (Å²) in [5.74, 6) is -0.517. The van der Waals surface area contributed by atoms with Crippen molar-refractivity contribution in [1.29, 1.82) is 0 Å². The highest BCUT2D eigenvalue weighted by molar-refractivity contribution is 7.93. The number of benzene rings is 1. The normalized spacial score (nSPS) is 11.0. The molecule has 1 aromatic heterocycles. The first-order valence-electron chi connectivity index (χ1n) is 5.13. The van der Waals surface area contributed by atoms with Gasteiger partial charge in [-0.15, -0.1) is 11.3 Å². The molecule has 6 nitrogen and oxygen atoms in total. The molecule has 0 aliphatic heterocycles. The lowest BCUT2D eigenvalue weighted by Gasteiger charge is -2.05. The molecule has 2 aromatic rings. The molecule has 0 amide bonds. The SMILES string of the molecule is COC(=O)c1ccc(S(=O)(=O)Nc2nccs2)cc1. The third kappa shape index (κ3) is 3.09. The van der Waals surface area contributed by atoms with Crippen molar-refractivity contribution >= 4 is 32.5 Å². The molecule has 0 saturated carbocycles. The van der Waals surface area contributed by atoms with E-state index in [4.69, 9.17) is 0 Å². The first-order valence-corrected chi connectivity index (χ1v) is 7.50. The number of carbonyl (C=O) groups is 1. The first kappa shape index (κ1) is 13.5. The summed E-state index contributed by atoms with van der Waals surface area (Å²) in [4.78, 5) is 15.1. The maximum Gasteiger partial charge on any atom is 0.337 e. The van der Waals surface area contributed by atoms with Crippen LogP contribution in [0.4, 0.5) is 5.13 Å². The molecule has 100 valence electrons. The van der Waals surface area contributed by atoms with Crippen LogP contribution in [-0.2, 0) is 14.8 Å². The minimum Gasteiger partial charge on any atom is -0.465 e. The van der Waals surface area contributed by atoms with Gasteiger partial charge in [-0.05, 0) is 24.3 Å². The largest absolute Gasteiger partial charge is 0.465 e. The van der Waals surface area contributed by atoms with E-state index in [9.17, 15) is 13.2 Å². The summed E-state index contributed by atoms with van der Waals surface area (Å²) in [6, 6.07) is 5.45. The van der Waals surface area contributed by atoms with Crippen molar-refractivity contribution in [2.75, 3.05) is 11.8 Å². The summed E-state index contributed by atoms with van der Waals surface area (Å²) < 4.78 is 30.9. The van der Waals surface area contributed by atoms with E-state index < -0.39 is 16.0 Å². The maximum absolute atomic E-state index is 12.0. The van der Waals surface area contributed by atoms with Crippen LogP contribution in [0.25, 0.3) is 0 Å². The molecule has 0 fully saturated rings. The molecular formula is C11H10N2O4S2. The Morgan fingerprint density at radius 3 is 2.53 bits per heavy atom. The minimum atomic E-state index is -3.69. The van der Waals surface area contributed by atoms with E-state index in [-0.39, 0.29) is 15.6 Å². The molecule has 0 aliphatic carbocycles. The Morgan fingerprint density at radius 1 is 1.32 bits per heavy atom. The van der Waals surface area contributed by atoms with E-state index in [1.54, 1.807) is 5.38 Å². The van der Waals surface area contributed by atoms with Gasteiger partial charge in [0.2, 0.25) is 0 Å². The second-order valence-corrected chi connectivity index (χ2v) is 6.04. The van der Waals surface area contributed by atoms with E-state index in [1.165, 1.54) is 48.9 Å². The number of carbonyl (C=O) groups excluding carboxylic acids is 1. The van der Waals surface area contributed by atoms with E-state index in [2.05, 4.69) is 14.4 Å². The number of hydrogen-bond donors (Lipinski definition) is 1. The van der Waals surface area contributed by atoms with Crippen molar-refractivity contribution in [3.8, 4) is 0 Å². The van der Waals surface area contributed by atoms with Crippen molar-refractivity contribution in [1.82, 2.24) is 4.98 Å². The second kappa shape index (κ2) is 5.37. The Balaban J connectivity index is 2.24. The van der Waals surface area contributed by atoms with Gasteiger partial charge in [0.15, 0.2) is 5.13 Å². The zero-order valence-electron chi connectivity index (χ0n) is 9.86. The third-order valence-electron chi connectivity index (χ3n) is 2.24. The summed E-state index contributed by atoms with van der Waals surface area (Å²) >= 11 is 1.18. The Hall–Kier alpha value is -1.93. The van der Waals surface area contributed by atoms with E-state index in [0.29, 0.717) is 0 Å². The summed E-state index contributed by atoms with van der Waals surface area (Å²) in [5.41, 5.74) is 0.288. The minimum absolute atomic E-state index is 0.0513. The van der Waals surface area contributed by atoms with Crippen molar-refractivity contribution in [3.05, 3.63) is 41.4 Å². The van der Waals surface area contributed by atoms with Gasteiger partial charge in [0.25, 0.3) is 10.0 Å². The van der Waals surface area contributed by atoms with Crippen LogP contribution in [0.2, 0.25) is 0 Å². The average molecular weight is 298 g/mol. The fraction of sp³-hybridized carbons (Fsp3) is 0.0909. The van der Waals surface area contributed by atoms with Crippen LogP contribution in [0.15, 0.2) is 40.7 Å². The van der Waals surface area contributed by atoms with Gasteiger partial charge in [0.1, 0.15) is 0 Å². The topological polar surface area (TPSA) is 85.4 Å². The zero-order valence-corrected chi connectivity index (χ0v) is 11.5. The number of ether oxygens (including phenoxy) is 1. The number of aromatic nitrogens is 1. The van der Waals surface area contributed by atoms with Gasteiger partial charge < -0.3 is 4.74 Å². The molecule has 0 atom stereocenters. The number of anilines is 1. The standard InChI is InChI=1S/C11H10N2O4S2/c1-17-10(14)8-2-4-9(5-3-8)19(15,16)13-11-12-6-7-18-11/h2-7H,1H3,(H,12,13). The zero-order chi connectivity index (χ0) is 13.9. The van der Waals surface area contributed by atoms with Crippen LogP contribution in [-0.4, -0.2) is 26.5 Å². The molecule has 0 unspecified atom stereocenters. The van der Waals surface area contributed by atoms with E-state index >= 15 is 0 Å². The molecule has 1 heterocycles. The van der Waals surface area contributed by atoms with Crippen LogP contribution >= 0.6 is 11.3 Å². The van der Waals surface area contributed by atoms with Crippen LogP contribution < -0.4 is 4.72 Å². The predicted molar refractivity (Wildman–Crippen MR) is 70.7 cm³/mol. The summed E-state index contributed by atoms with van der Waals surface area (Å²) in [6.07, 6.45) is 1.50. The monoisotopic (exact) mass is 298 g/mol. The third-order valence-corrected chi connectivity index (χ3v) is 4.41. The number of sulfonamides is 1. The number of thiazole rings is 1. The average Bonchev–Trinajstić information content (AvgIpc) is 2.90. The van der Waals surface area contributed by atoms with Crippen molar-refractivity contribution in [3.63, 3.8) is 0 Å². The molecule has 0 radical (unpaired) electrons. The fourth-order valence-corrected chi connectivity index (χ4v) is 3.12. The van der Waals surface area contributed by atoms with Gasteiger partial charge in [-0.1, -0.05) is 0 Å². The number of nitrogens with one attached hydrogen (secondary N) is 1. The van der Waals surface area contributed by atoms with Crippen LogP contribution in [0.3, 0.4) is 0 Å². The van der Waals surface area contributed by atoms with Gasteiger partial charge in [0, 0.05) is 11.6 Å². The Kier molecular flexibility index (Phi) is 3.82. The Labute approximate surface area is 114 Å². The van der Waals surface area contributed by atoms with Crippen LogP contribution in [0.1, 0.15) is 10.4 Å². The molecule has 0 spiro atoms. The summed E-state index contributed by atoms with van der Waals surface area (Å²) in [6.45, 7) is 0. The molecule has 0 bridgehead atoms. The van der Waals surface area contributed by atoms with E-state index in [1.807, 2.05) is 0 Å². The fourth-order valence-electron chi connectivity index (χ4n) is 1.34. The van der Waals surface area contributed by atoms with Gasteiger partial charge in [-0.25, -0.2) is 18.2 Å². The lowest BCUT2D eigenvalue weighted by molar-refractivity contribution is 0.0600. The van der Waals surface area contributed by atoms with Crippen LogP contribution in [0, 0.1) is 0 Å². The Bertz CT molecular complexity index is 663. The van der Waals surface area contributed by atoms with Gasteiger partial charge in [-0.2, -0.15) is 0 Å². The molecule has 0 saturated heterocycles. The highest BCUT2D eigenvalue weighted by Crippen LogP contribution is 2.18. The van der Waals surface area contributed by atoms with Crippen molar-refractivity contribution in [2.24, 2.45) is 0 Å². The molecule has 19 heavy (non-hydrogen) atoms. The number of esters is 1. The highest BCUT2D eigenvalue weighted by Gasteiger charge is 2.16. The van der Waals surface area contributed by atoms with Crippen molar-refractivity contribution in [2.45, 2.75) is 4.90 Å². The van der Waals surface area contributed by atoms with Crippen molar-refractivity contribution < 1.29 is 17.9 Å². The molecule has 1 N–H and O–H groups in total. The number of hydrogen-bond acceptors (Lipinski definition) is 6. The highest BCUT2D eigenvalue weighted by atomic mass is 32.2. The van der Waals surface area contributed by atoms with Gasteiger partial charge in [-0.3, -0.25) is 4.72 Å². The number of methoxy groups -OCH3 is 1. The van der Waals surface area contributed by atoms with Gasteiger partial charge in [0.05, 0.1) is 17.6 Å². The lowest BCUT2D eigenvalue weighted by atomic mass is 10.2. The Morgan fingerprint density at radius 2 is 2.00 bits per heavy atom. The molecule has 1 aromatic carbocycles. The smallest absolute Gasteiger partial charge is 0.337 e.